The lowest BCUT2D eigenvalue weighted by Gasteiger charge is -2.12. The Balaban J connectivity index is 1.92. The minimum atomic E-state index is -1.10. The van der Waals surface area contributed by atoms with Crippen LogP contribution in [0.2, 0.25) is 10.0 Å². The van der Waals surface area contributed by atoms with Crippen molar-refractivity contribution in [3.8, 4) is 0 Å². The van der Waals surface area contributed by atoms with Crippen LogP contribution in [-0.4, -0.2) is 27.9 Å². The molecule has 27 heavy (non-hydrogen) atoms. The second-order valence-electron chi connectivity index (χ2n) is 5.23. The zero-order valence-corrected chi connectivity index (χ0v) is 15.4. The molecule has 0 fully saturated rings. The molecule has 1 aromatic heterocycles. The van der Waals surface area contributed by atoms with Crippen molar-refractivity contribution in [2.75, 3.05) is 5.32 Å². The van der Waals surface area contributed by atoms with Crippen LogP contribution in [0.1, 0.15) is 12.5 Å². The van der Waals surface area contributed by atoms with E-state index in [0.29, 0.717) is 10.6 Å². The Morgan fingerprint density at radius 2 is 1.96 bits per heavy atom. The maximum Gasteiger partial charge on any atom is 0.331 e. The number of pyridine rings is 1. The number of anilines is 1. The first-order chi connectivity index (χ1) is 12.8. The summed E-state index contributed by atoms with van der Waals surface area (Å²) in [6.07, 6.45) is 2.73. The van der Waals surface area contributed by atoms with Crippen LogP contribution in [0.3, 0.4) is 0 Å². The average Bonchev–Trinajstić information content (AvgIpc) is 2.62. The monoisotopic (exact) mass is 409 g/mol. The Morgan fingerprint density at radius 3 is 2.56 bits per heavy atom. The van der Waals surface area contributed by atoms with E-state index < -0.39 is 22.9 Å². The molecule has 0 bridgehead atoms. The topological polar surface area (TPSA) is 111 Å². The van der Waals surface area contributed by atoms with Gasteiger partial charge in [0, 0.05) is 24.4 Å². The zero-order chi connectivity index (χ0) is 20.0. The maximum absolute atomic E-state index is 12.1. The van der Waals surface area contributed by atoms with Crippen molar-refractivity contribution in [1.82, 2.24) is 4.98 Å². The summed E-state index contributed by atoms with van der Waals surface area (Å²) in [5.41, 5.74) is 0.501. The van der Waals surface area contributed by atoms with Gasteiger partial charge >= 0.3 is 5.97 Å². The molecule has 1 N–H and O–H groups in total. The summed E-state index contributed by atoms with van der Waals surface area (Å²) >= 11 is 11.6. The third-order valence-electron chi connectivity index (χ3n) is 3.23. The van der Waals surface area contributed by atoms with Gasteiger partial charge in [0.2, 0.25) is 0 Å². The molecule has 10 heteroatoms. The number of non-ortho nitro benzene ring substituents is 1. The van der Waals surface area contributed by atoms with E-state index in [0.717, 1.165) is 6.08 Å². The lowest BCUT2D eigenvalue weighted by Crippen LogP contribution is -2.29. The molecule has 2 aromatic rings. The number of nitro groups is 1. The molecule has 0 unspecified atom stereocenters. The van der Waals surface area contributed by atoms with Crippen molar-refractivity contribution in [3.63, 3.8) is 0 Å². The molecule has 0 aliphatic carbocycles. The van der Waals surface area contributed by atoms with E-state index in [1.807, 2.05) is 0 Å². The van der Waals surface area contributed by atoms with Crippen LogP contribution in [0.15, 0.2) is 42.6 Å². The summed E-state index contributed by atoms with van der Waals surface area (Å²) in [6, 6.07) is 6.99. The molecule has 1 atom stereocenters. The number of aromatic nitrogens is 1. The number of rotatable bonds is 6. The number of carbonyl (C=O) groups excluding carboxylic acids is 2. The number of hydrogen-bond donors (Lipinski definition) is 1. The first kappa shape index (κ1) is 20.3. The minimum Gasteiger partial charge on any atom is -0.449 e. The van der Waals surface area contributed by atoms with Gasteiger partial charge in [-0.05, 0) is 36.8 Å². The Morgan fingerprint density at radius 1 is 1.30 bits per heavy atom. The Bertz CT molecular complexity index is 900. The lowest BCUT2D eigenvalue weighted by atomic mass is 10.2. The van der Waals surface area contributed by atoms with Gasteiger partial charge in [-0.3, -0.25) is 14.9 Å². The molecule has 1 amide bonds. The first-order valence-corrected chi connectivity index (χ1v) is 8.27. The predicted molar refractivity (Wildman–Crippen MR) is 101 cm³/mol. The van der Waals surface area contributed by atoms with Gasteiger partial charge in [0.25, 0.3) is 11.6 Å². The summed E-state index contributed by atoms with van der Waals surface area (Å²) in [5.74, 6) is -1.29. The highest BCUT2D eigenvalue weighted by Gasteiger charge is 2.18. The number of nitrogens with zero attached hydrogens (tertiary/aromatic N) is 2. The van der Waals surface area contributed by atoms with Gasteiger partial charge in [-0.25, -0.2) is 9.78 Å². The maximum atomic E-state index is 12.1. The molecule has 0 aliphatic heterocycles. The smallest absolute Gasteiger partial charge is 0.331 e. The third kappa shape index (κ3) is 6.05. The number of halogens is 2. The largest absolute Gasteiger partial charge is 0.449 e. The number of benzene rings is 1. The molecule has 140 valence electrons. The number of ether oxygens (including phenoxy) is 1. The quantitative estimate of drug-likeness (QED) is 0.335. The van der Waals surface area contributed by atoms with Gasteiger partial charge < -0.3 is 10.1 Å². The number of amides is 1. The number of carbonyl (C=O) groups is 2. The van der Waals surface area contributed by atoms with E-state index in [1.54, 1.807) is 0 Å². The molecule has 1 heterocycles. The standard InChI is InChI=1S/C17H13Cl2N3O5/c1-10(17(24)21-16-14(19)8-12(18)9-20-16)27-15(23)7-4-11-2-5-13(6-3-11)22(25)26/h2-10H,1H3,(H,20,21,24)/b7-4+/t10-/m0/s1. The molecule has 0 saturated heterocycles. The van der Waals surface area contributed by atoms with E-state index in [-0.39, 0.29) is 16.5 Å². The third-order valence-corrected chi connectivity index (χ3v) is 3.72. The van der Waals surface area contributed by atoms with Crippen LogP contribution in [0.4, 0.5) is 11.5 Å². The second kappa shape index (κ2) is 9.11. The fraction of sp³-hybridized carbons (Fsp3) is 0.118. The Labute approximate surface area is 163 Å². The predicted octanol–water partition coefficient (Wildman–Crippen LogP) is 3.88. The molecule has 0 spiro atoms. The highest BCUT2D eigenvalue weighted by Crippen LogP contribution is 2.22. The average molecular weight is 410 g/mol. The van der Waals surface area contributed by atoms with Crippen LogP contribution in [-0.2, 0) is 14.3 Å². The highest BCUT2D eigenvalue weighted by atomic mass is 35.5. The van der Waals surface area contributed by atoms with E-state index >= 15 is 0 Å². The molecule has 8 nitrogen and oxygen atoms in total. The Kier molecular flexibility index (Phi) is 6.86. The highest BCUT2D eigenvalue weighted by molar-refractivity contribution is 6.36. The van der Waals surface area contributed by atoms with E-state index in [2.05, 4.69) is 10.3 Å². The van der Waals surface area contributed by atoms with Gasteiger partial charge in [0.15, 0.2) is 11.9 Å². The molecular formula is C17H13Cl2N3O5. The summed E-state index contributed by atoms with van der Waals surface area (Å²) in [7, 11) is 0. The second-order valence-corrected chi connectivity index (χ2v) is 6.08. The van der Waals surface area contributed by atoms with Crippen molar-refractivity contribution in [2.24, 2.45) is 0 Å². The van der Waals surface area contributed by atoms with Crippen LogP contribution in [0.25, 0.3) is 6.08 Å². The van der Waals surface area contributed by atoms with Crippen molar-refractivity contribution < 1.29 is 19.2 Å². The fourth-order valence-electron chi connectivity index (χ4n) is 1.86. The number of nitro benzene ring substituents is 1. The first-order valence-electron chi connectivity index (χ1n) is 7.51. The summed E-state index contributed by atoms with van der Waals surface area (Å²) in [5, 5.41) is 13.5. The summed E-state index contributed by atoms with van der Waals surface area (Å²) in [4.78, 5) is 37.8. The van der Waals surface area contributed by atoms with Gasteiger partial charge in [0.05, 0.1) is 15.0 Å². The van der Waals surface area contributed by atoms with Crippen LogP contribution in [0, 0.1) is 10.1 Å². The van der Waals surface area contributed by atoms with Crippen molar-refractivity contribution >= 4 is 52.7 Å². The van der Waals surface area contributed by atoms with E-state index in [1.165, 1.54) is 49.5 Å². The molecule has 0 aliphatic rings. The summed E-state index contributed by atoms with van der Waals surface area (Å²) < 4.78 is 4.99. The van der Waals surface area contributed by atoms with E-state index in [9.17, 15) is 19.7 Å². The van der Waals surface area contributed by atoms with Crippen LogP contribution < -0.4 is 5.32 Å². The lowest BCUT2D eigenvalue weighted by molar-refractivity contribution is -0.384. The van der Waals surface area contributed by atoms with E-state index in [4.69, 9.17) is 27.9 Å². The molecule has 2 rings (SSSR count). The summed E-state index contributed by atoms with van der Waals surface area (Å²) in [6.45, 7) is 1.39. The Hall–Kier alpha value is -2.97. The van der Waals surface area contributed by atoms with Gasteiger partial charge in [0.1, 0.15) is 0 Å². The van der Waals surface area contributed by atoms with Crippen LogP contribution in [0.5, 0.6) is 0 Å². The fourth-order valence-corrected chi connectivity index (χ4v) is 2.29. The number of hydrogen-bond acceptors (Lipinski definition) is 6. The van der Waals surface area contributed by atoms with Gasteiger partial charge in [-0.1, -0.05) is 23.2 Å². The normalized spacial score (nSPS) is 11.8. The SMILES string of the molecule is C[C@H](OC(=O)/C=C/c1ccc([N+](=O)[O-])cc1)C(=O)Nc1ncc(Cl)cc1Cl. The molecule has 0 radical (unpaired) electrons. The van der Waals surface area contributed by atoms with Crippen molar-refractivity contribution in [2.45, 2.75) is 13.0 Å². The zero-order valence-electron chi connectivity index (χ0n) is 13.9. The van der Waals surface area contributed by atoms with Crippen LogP contribution >= 0.6 is 23.2 Å². The number of nitrogens with one attached hydrogen (secondary N) is 1. The van der Waals surface area contributed by atoms with Gasteiger partial charge in [-0.15, -0.1) is 0 Å². The number of esters is 1. The molecule has 1 aromatic carbocycles. The van der Waals surface area contributed by atoms with Crippen molar-refractivity contribution in [1.29, 1.82) is 0 Å². The molecular weight excluding hydrogens is 397 g/mol. The molecule has 0 saturated carbocycles. The van der Waals surface area contributed by atoms with Crippen molar-refractivity contribution in [3.05, 3.63) is 68.3 Å². The minimum absolute atomic E-state index is 0.0607. The van der Waals surface area contributed by atoms with Gasteiger partial charge in [-0.2, -0.15) is 0 Å².